The molecule has 132 valence electrons. The number of benzene rings is 2. The lowest BCUT2D eigenvalue weighted by atomic mass is 10.2. The van der Waals surface area contributed by atoms with Gasteiger partial charge in [0, 0.05) is 17.3 Å². The Morgan fingerprint density at radius 2 is 1.68 bits per heavy atom. The van der Waals surface area contributed by atoms with Crippen molar-refractivity contribution in [3.8, 4) is 5.75 Å². The van der Waals surface area contributed by atoms with Crippen molar-refractivity contribution in [2.24, 2.45) is 0 Å². The van der Waals surface area contributed by atoms with Gasteiger partial charge in [-0.2, -0.15) is 0 Å². The molecule has 0 aliphatic carbocycles. The second kappa shape index (κ2) is 9.69. The molecule has 0 aliphatic rings. The largest absolute Gasteiger partial charge is 0.489 e. The molecule has 6 heteroatoms. The minimum absolute atomic E-state index is 0.419. The van der Waals surface area contributed by atoms with Crippen molar-refractivity contribution in [1.82, 2.24) is 5.32 Å². The van der Waals surface area contributed by atoms with E-state index >= 15 is 0 Å². The van der Waals surface area contributed by atoms with Gasteiger partial charge in [0.25, 0.3) is 0 Å². The van der Waals surface area contributed by atoms with E-state index in [1.807, 2.05) is 31.2 Å². The molecule has 2 amide bonds. The highest BCUT2D eigenvalue weighted by atomic mass is 35.5. The van der Waals surface area contributed by atoms with E-state index < -0.39 is 11.8 Å². The highest BCUT2D eigenvalue weighted by molar-refractivity contribution is 6.39. The molecule has 0 fully saturated rings. The fourth-order valence-corrected chi connectivity index (χ4v) is 2.15. The summed E-state index contributed by atoms with van der Waals surface area (Å²) in [6, 6.07) is 14.3. The average molecular weight is 361 g/mol. The summed E-state index contributed by atoms with van der Waals surface area (Å²) in [7, 11) is 0. The van der Waals surface area contributed by atoms with Gasteiger partial charge in [-0.3, -0.25) is 9.59 Å². The smallest absolute Gasteiger partial charge is 0.313 e. The normalized spacial score (nSPS) is 10.2. The van der Waals surface area contributed by atoms with Gasteiger partial charge in [-0.1, -0.05) is 37.1 Å². The molecule has 2 N–H and O–H groups in total. The number of hydrogen-bond acceptors (Lipinski definition) is 3. The second-order valence-electron chi connectivity index (χ2n) is 5.50. The summed E-state index contributed by atoms with van der Waals surface area (Å²) in [6.45, 7) is 2.94. The molecule has 0 heterocycles. The Morgan fingerprint density at radius 1 is 1.00 bits per heavy atom. The van der Waals surface area contributed by atoms with Crippen LogP contribution in [0.3, 0.4) is 0 Å². The average Bonchev–Trinajstić information content (AvgIpc) is 2.62. The van der Waals surface area contributed by atoms with Crippen LogP contribution in [0.25, 0.3) is 0 Å². The molecule has 0 aromatic heterocycles. The zero-order valence-electron chi connectivity index (χ0n) is 14.0. The van der Waals surface area contributed by atoms with Gasteiger partial charge in [-0.15, -0.1) is 0 Å². The SMILES string of the molecule is CCCCNC(=O)C(=O)Nc1ccc(OCc2ccc(Cl)cc2)cc1. The number of hydrogen-bond donors (Lipinski definition) is 2. The number of halogens is 1. The summed E-state index contributed by atoms with van der Waals surface area (Å²) in [5, 5.41) is 5.81. The van der Waals surface area contributed by atoms with Crippen LogP contribution in [0, 0.1) is 0 Å². The van der Waals surface area contributed by atoms with Crippen molar-refractivity contribution in [2.75, 3.05) is 11.9 Å². The quantitative estimate of drug-likeness (QED) is 0.583. The molecule has 0 aliphatic heterocycles. The molecule has 2 rings (SSSR count). The van der Waals surface area contributed by atoms with E-state index in [4.69, 9.17) is 16.3 Å². The molecule has 25 heavy (non-hydrogen) atoms. The lowest BCUT2D eigenvalue weighted by Gasteiger charge is -2.09. The minimum Gasteiger partial charge on any atom is -0.489 e. The molecule has 0 saturated carbocycles. The van der Waals surface area contributed by atoms with Crippen LogP contribution in [0.1, 0.15) is 25.3 Å². The molecule has 2 aromatic rings. The van der Waals surface area contributed by atoms with E-state index in [2.05, 4.69) is 10.6 Å². The first kappa shape index (κ1) is 18.8. The fourth-order valence-electron chi connectivity index (χ4n) is 2.03. The van der Waals surface area contributed by atoms with Gasteiger partial charge in [-0.25, -0.2) is 0 Å². The molecule has 0 unspecified atom stereocenters. The molecule has 0 spiro atoms. The van der Waals surface area contributed by atoms with Crippen LogP contribution >= 0.6 is 11.6 Å². The number of nitrogens with one attached hydrogen (secondary N) is 2. The Kier molecular flexibility index (Phi) is 7.29. The van der Waals surface area contributed by atoms with Crippen LogP contribution in [-0.2, 0) is 16.2 Å². The Morgan fingerprint density at radius 3 is 2.32 bits per heavy atom. The summed E-state index contributed by atoms with van der Waals surface area (Å²) in [5.41, 5.74) is 1.54. The molecule has 2 aromatic carbocycles. The standard InChI is InChI=1S/C19H21ClN2O3/c1-2-3-12-21-18(23)19(24)22-16-8-10-17(11-9-16)25-13-14-4-6-15(20)7-5-14/h4-11H,2-3,12-13H2,1H3,(H,21,23)(H,22,24). The topological polar surface area (TPSA) is 67.4 Å². The van der Waals surface area contributed by atoms with Crippen molar-refractivity contribution in [2.45, 2.75) is 26.4 Å². The van der Waals surface area contributed by atoms with Gasteiger partial charge in [0.15, 0.2) is 0 Å². The van der Waals surface area contributed by atoms with Gasteiger partial charge >= 0.3 is 11.8 Å². The summed E-state index contributed by atoms with van der Waals surface area (Å²) in [5.74, 6) is -0.636. The van der Waals surface area contributed by atoms with E-state index in [1.165, 1.54) is 0 Å². The Balaban J connectivity index is 1.81. The third kappa shape index (κ3) is 6.47. The molecule has 5 nitrogen and oxygen atoms in total. The third-order valence-corrected chi connectivity index (χ3v) is 3.71. The van der Waals surface area contributed by atoms with E-state index in [-0.39, 0.29) is 0 Å². The number of unbranched alkanes of at least 4 members (excludes halogenated alkanes) is 1. The number of amides is 2. The number of anilines is 1. The highest BCUT2D eigenvalue weighted by Gasteiger charge is 2.12. The van der Waals surface area contributed by atoms with Gasteiger partial charge in [0.1, 0.15) is 12.4 Å². The Hall–Kier alpha value is -2.53. The van der Waals surface area contributed by atoms with E-state index in [1.54, 1.807) is 24.3 Å². The van der Waals surface area contributed by atoms with Crippen LogP contribution in [0.4, 0.5) is 5.69 Å². The zero-order chi connectivity index (χ0) is 18.1. The predicted molar refractivity (Wildman–Crippen MR) is 98.8 cm³/mol. The first-order valence-corrected chi connectivity index (χ1v) is 8.52. The Labute approximate surface area is 152 Å². The summed E-state index contributed by atoms with van der Waals surface area (Å²) in [6.07, 6.45) is 1.80. The molecule has 0 bridgehead atoms. The van der Waals surface area contributed by atoms with Crippen molar-refractivity contribution >= 4 is 29.1 Å². The maximum Gasteiger partial charge on any atom is 0.313 e. The van der Waals surface area contributed by atoms with Crippen molar-refractivity contribution in [1.29, 1.82) is 0 Å². The van der Waals surface area contributed by atoms with Crippen LogP contribution in [-0.4, -0.2) is 18.4 Å². The van der Waals surface area contributed by atoms with Gasteiger partial charge in [0.05, 0.1) is 0 Å². The Bertz CT molecular complexity index is 700. The predicted octanol–water partition coefficient (Wildman–Crippen LogP) is 3.77. The number of carbonyl (C=O) groups is 2. The van der Waals surface area contributed by atoms with Gasteiger partial charge in [0.2, 0.25) is 0 Å². The maximum absolute atomic E-state index is 11.8. The summed E-state index contributed by atoms with van der Waals surface area (Å²) >= 11 is 5.84. The summed E-state index contributed by atoms with van der Waals surface area (Å²) < 4.78 is 5.67. The van der Waals surface area contributed by atoms with Crippen molar-refractivity contribution in [3.63, 3.8) is 0 Å². The number of carbonyl (C=O) groups excluding carboxylic acids is 2. The van der Waals surface area contributed by atoms with Crippen LogP contribution < -0.4 is 15.4 Å². The molecular formula is C19H21ClN2O3. The van der Waals surface area contributed by atoms with E-state index in [0.29, 0.717) is 29.6 Å². The first-order valence-electron chi connectivity index (χ1n) is 8.15. The van der Waals surface area contributed by atoms with Crippen molar-refractivity contribution < 1.29 is 14.3 Å². The van der Waals surface area contributed by atoms with Crippen molar-refractivity contribution in [3.05, 3.63) is 59.1 Å². The molecule has 0 atom stereocenters. The lowest BCUT2D eigenvalue weighted by Crippen LogP contribution is -2.35. The maximum atomic E-state index is 11.8. The van der Waals surface area contributed by atoms with Gasteiger partial charge in [-0.05, 0) is 48.4 Å². The third-order valence-electron chi connectivity index (χ3n) is 3.45. The monoisotopic (exact) mass is 360 g/mol. The molecule has 0 radical (unpaired) electrons. The van der Waals surface area contributed by atoms with E-state index in [9.17, 15) is 9.59 Å². The number of rotatable bonds is 7. The minimum atomic E-state index is -0.675. The van der Waals surface area contributed by atoms with Crippen LogP contribution in [0.15, 0.2) is 48.5 Å². The van der Waals surface area contributed by atoms with Crippen LogP contribution in [0.2, 0.25) is 5.02 Å². The summed E-state index contributed by atoms with van der Waals surface area (Å²) in [4.78, 5) is 23.4. The molecular weight excluding hydrogens is 340 g/mol. The molecule has 0 saturated heterocycles. The number of ether oxygens (including phenoxy) is 1. The van der Waals surface area contributed by atoms with Crippen LogP contribution in [0.5, 0.6) is 5.75 Å². The second-order valence-corrected chi connectivity index (χ2v) is 5.94. The first-order chi connectivity index (χ1) is 12.1. The highest BCUT2D eigenvalue weighted by Crippen LogP contribution is 2.18. The fraction of sp³-hybridized carbons (Fsp3) is 0.263. The van der Waals surface area contributed by atoms with Gasteiger partial charge < -0.3 is 15.4 Å². The van der Waals surface area contributed by atoms with E-state index in [0.717, 1.165) is 18.4 Å². The lowest BCUT2D eigenvalue weighted by molar-refractivity contribution is -0.136. The zero-order valence-corrected chi connectivity index (χ0v) is 14.8.